The predicted octanol–water partition coefficient (Wildman–Crippen LogP) is 3.79. The number of thioether (sulfide) groups is 1. The molecule has 150 valence electrons. The molecule has 1 aliphatic rings. The Morgan fingerprint density at radius 3 is 2.41 bits per heavy atom. The van der Waals surface area contributed by atoms with Crippen LogP contribution in [0, 0.1) is 0 Å². The molecule has 2 heterocycles. The maximum atomic E-state index is 6.27. The van der Waals surface area contributed by atoms with Crippen molar-refractivity contribution in [1.82, 2.24) is 15.2 Å². The third kappa shape index (κ3) is 3.49. The number of fused-ring (bicyclic) bond motifs is 3. The first-order valence-electron chi connectivity index (χ1n) is 8.79. The van der Waals surface area contributed by atoms with Crippen LogP contribution in [0.15, 0.2) is 41.6 Å². The van der Waals surface area contributed by atoms with Gasteiger partial charge < -0.3 is 24.3 Å². The van der Waals surface area contributed by atoms with Crippen molar-refractivity contribution in [2.45, 2.75) is 11.4 Å². The molecular weight excluding hydrogens is 392 g/mol. The quantitative estimate of drug-likeness (QED) is 0.629. The van der Waals surface area contributed by atoms with Crippen LogP contribution < -0.4 is 24.3 Å². The predicted molar refractivity (Wildman–Crippen MR) is 110 cm³/mol. The van der Waals surface area contributed by atoms with Crippen molar-refractivity contribution < 1.29 is 18.9 Å². The monoisotopic (exact) mass is 412 g/mol. The molecule has 0 spiro atoms. The molecule has 29 heavy (non-hydrogen) atoms. The number of ether oxygens (including phenoxy) is 4. The van der Waals surface area contributed by atoms with Gasteiger partial charge in [0.15, 0.2) is 17.2 Å². The van der Waals surface area contributed by atoms with E-state index in [9.17, 15) is 0 Å². The van der Waals surface area contributed by atoms with Gasteiger partial charge in [0.05, 0.1) is 26.9 Å². The summed E-state index contributed by atoms with van der Waals surface area (Å²) in [5, 5.41) is 12.5. The molecule has 1 aliphatic heterocycles. The summed E-state index contributed by atoms with van der Waals surface area (Å²) in [7, 11) is 4.76. The van der Waals surface area contributed by atoms with E-state index in [0.717, 1.165) is 16.8 Å². The zero-order valence-electron chi connectivity index (χ0n) is 16.4. The molecule has 4 rings (SSSR count). The molecule has 8 nitrogen and oxygen atoms in total. The summed E-state index contributed by atoms with van der Waals surface area (Å²) >= 11 is 1.40. The Bertz CT molecular complexity index is 1050. The number of nitrogens with one attached hydrogen (secondary N) is 1. The summed E-state index contributed by atoms with van der Waals surface area (Å²) in [4.78, 5) is 4.53. The largest absolute Gasteiger partial charge is 0.496 e. The third-order valence-corrected chi connectivity index (χ3v) is 5.07. The highest BCUT2D eigenvalue weighted by Crippen LogP contribution is 2.43. The molecule has 0 bridgehead atoms. The number of aromatic nitrogens is 3. The Kier molecular flexibility index (Phi) is 5.30. The van der Waals surface area contributed by atoms with Crippen LogP contribution in [0.3, 0.4) is 0 Å². The van der Waals surface area contributed by atoms with Crippen molar-refractivity contribution in [3.63, 3.8) is 0 Å². The molecule has 0 amide bonds. The zero-order chi connectivity index (χ0) is 20.4. The Morgan fingerprint density at radius 2 is 1.69 bits per heavy atom. The van der Waals surface area contributed by atoms with Crippen LogP contribution in [0.4, 0.5) is 5.69 Å². The van der Waals surface area contributed by atoms with Gasteiger partial charge in [0.2, 0.25) is 17.3 Å². The van der Waals surface area contributed by atoms with Crippen LogP contribution in [0.1, 0.15) is 11.8 Å². The molecular formula is C20H20N4O4S. The van der Waals surface area contributed by atoms with Crippen molar-refractivity contribution in [3.8, 4) is 34.4 Å². The minimum Gasteiger partial charge on any atom is -0.496 e. The molecule has 0 radical (unpaired) electrons. The minimum atomic E-state index is -0.599. The first-order chi connectivity index (χ1) is 14.2. The van der Waals surface area contributed by atoms with Crippen molar-refractivity contribution in [2.24, 2.45) is 0 Å². The lowest BCUT2D eigenvalue weighted by Gasteiger charge is -2.22. The van der Waals surface area contributed by atoms with Gasteiger partial charge in [-0.15, -0.1) is 10.2 Å². The minimum absolute atomic E-state index is 0.392. The Hall–Kier alpha value is -3.20. The van der Waals surface area contributed by atoms with Gasteiger partial charge in [-0.1, -0.05) is 30.0 Å². The molecule has 0 aliphatic carbocycles. The second-order valence-corrected chi connectivity index (χ2v) is 6.86. The summed E-state index contributed by atoms with van der Waals surface area (Å²) in [6, 6.07) is 11.4. The topological polar surface area (TPSA) is 87.6 Å². The fourth-order valence-electron chi connectivity index (χ4n) is 3.13. The van der Waals surface area contributed by atoms with Crippen LogP contribution >= 0.6 is 11.8 Å². The zero-order valence-corrected chi connectivity index (χ0v) is 17.2. The lowest BCUT2D eigenvalue weighted by Crippen LogP contribution is -2.18. The van der Waals surface area contributed by atoms with Crippen molar-refractivity contribution in [3.05, 3.63) is 42.0 Å². The highest BCUT2D eigenvalue weighted by molar-refractivity contribution is 7.98. The van der Waals surface area contributed by atoms with Gasteiger partial charge in [0.25, 0.3) is 0 Å². The molecule has 3 aromatic rings. The average molecular weight is 412 g/mol. The number of hydrogen-bond donors (Lipinski definition) is 1. The smallest absolute Gasteiger partial charge is 0.247 e. The van der Waals surface area contributed by atoms with Crippen molar-refractivity contribution >= 4 is 17.4 Å². The molecule has 2 aromatic carbocycles. The fraction of sp³-hybridized carbons (Fsp3) is 0.250. The molecule has 1 N–H and O–H groups in total. The molecule has 0 saturated carbocycles. The first kappa shape index (κ1) is 19.1. The van der Waals surface area contributed by atoms with E-state index in [0.29, 0.717) is 34.0 Å². The van der Waals surface area contributed by atoms with E-state index in [2.05, 4.69) is 20.5 Å². The maximum Gasteiger partial charge on any atom is 0.247 e. The number of benzene rings is 2. The number of methoxy groups -OCH3 is 3. The second-order valence-electron chi connectivity index (χ2n) is 6.09. The van der Waals surface area contributed by atoms with Crippen molar-refractivity contribution in [1.29, 1.82) is 0 Å². The second kappa shape index (κ2) is 8.04. The highest BCUT2D eigenvalue weighted by Gasteiger charge is 2.29. The SMILES string of the molecule is COc1cc(OC)c([C@H]2Nc3ccccc3-c3nnc(SC)nc3O2)cc1OC. The number of nitrogens with zero attached hydrogens (tertiary/aromatic N) is 3. The van der Waals surface area contributed by atoms with Crippen molar-refractivity contribution in [2.75, 3.05) is 32.9 Å². The summed E-state index contributed by atoms with van der Waals surface area (Å²) in [5.41, 5.74) is 3.02. The van der Waals surface area contributed by atoms with Gasteiger partial charge in [0.1, 0.15) is 5.75 Å². The maximum absolute atomic E-state index is 6.27. The van der Waals surface area contributed by atoms with E-state index in [1.165, 1.54) is 11.8 Å². The molecule has 1 aromatic heterocycles. The number of rotatable bonds is 5. The molecule has 0 unspecified atom stereocenters. The highest BCUT2D eigenvalue weighted by atomic mass is 32.2. The Labute approximate surface area is 172 Å². The van der Waals surface area contributed by atoms with E-state index in [4.69, 9.17) is 18.9 Å². The van der Waals surface area contributed by atoms with Gasteiger partial charge in [-0.05, 0) is 18.4 Å². The molecule has 0 fully saturated rings. The van der Waals surface area contributed by atoms with Gasteiger partial charge in [-0.25, -0.2) is 0 Å². The van der Waals surface area contributed by atoms with Gasteiger partial charge in [-0.3, -0.25) is 0 Å². The van der Waals surface area contributed by atoms with Gasteiger partial charge >= 0.3 is 0 Å². The number of para-hydroxylation sites is 1. The number of anilines is 1. The number of hydrogen-bond acceptors (Lipinski definition) is 9. The molecule has 1 atom stereocenters. The van der Waals surface area contributed by atoms with E-state index in [1.54, 1.807) is 27.4 Å². The molecule has 9 heteroatoms. The summed E-state index contributed by atoms with van der Waals surface area (Å²) in [5.74, 6) is 2.12. The van der Waals surface area contributed by atoms with E-state index >= 15 is 0 Å². The summed E-state index contributed by atoms with van der Waals surface area (Å²) in [6.45, 7) is 0. The third-order valence-electron chi connectivity index (χ3n) is 4.53. The lowest BCUT2D eigenvalue weighted by atomic mass is 10.1. The first-order valence-corrected chi connectivity index (χ1v) is 10.0. The van der Waals surface area contributed by atoms with E-state index < -0.39 is 6.23 Å². The van der Waals surface area contributed by atoms with Crippen LogP contribution in [0.25, 0.3) is 11.3 Å². The van der Waals surface area contributed by atoms with Crippen LogP contribution in [-0.2, 0) is 0 Å². The van der Waals surface area contributed by atoms with E-state index in [-0.39, 0.29) is 0 Å². The summed E-state index contributed by atoms with van der Waals surface area (Å²) in [6.07, 6.45) is 1.29. The summed E-state index contributed by atoms with van der Waals surface area (Å²) < 4.78 is 22.7. The Morgan fingerprint density at radius 1 is 0.966 bits per heavy atom. The van der Waals surface area contributed by atoms with Gasteiger partial charge in [0, 0.05) is 17.3 Å². The Balaban J connectivity index is 1.88. The average Bonchev–Trinajstić information content (AvgIpc) is 2.94. The standard InChI is InChI=1S/C20H20N4O4S/c1-25-14-10-16(27-3)15(26-2)9-12(14)18-21-13-8-6-5-7-11(13)17-19(28-18)22-20(29-4)24-23-17/h5-10,18,21H,1-4H3/t18-/m0/s1. The van der Waals surface area contributed by atoms with Crippen LogP contribution in [-0.4, -0.2) is 42.8 Å². The van der Waals surface area contributed by atoms with Crippen LogP contribution in [0.5, 0.6) is 23.1 Å². The van der Waals surface area contributed by atoms with E-state index in [1.807, 2.05) is 36.6 Å². The normalized spacial score (nSPS) is 14.6. The lowest BCUT2D eigenvalue weighted by molar-refractivity contribution is 0.218. The van der Waals surface area contributed by atoms with Gasteiger partial charge in [-0.2, -0.15) is 4.98 Å². The molecule has 0 saturated heterocycles. The van der Waals surface area contributed by atoms with Crippen LogP contribution in [0.2, 0.25) is 0 Å². The fourth-order valence-corrected chi connectivity index (χ4v) is 3.43.